The SMILES string of the molecule is COC(=O)c1ccc(-c2nc(C(F)(F)F)cn2C(C)C)cc1F. The second-order valence-electron chi connectivity index (χ2n) is 5.13. The van der Waals surface area contributed by atoms with Gasteiger partial charge in [-0.3, -0.25) is 0 Å². The molecule has 0 unspecified atom stereocenters. The first-order chi connectivity index (χ1) is 10.6. The predicted molar refractivity (Wildman–Crippen MR) is 74.3 cm³/mol. The maximum atomic E-state index is 14.0. The number of imidazole rings is 1. The van der Waals surface area contributed by atoms with Gasteiger partial charge in [-0.2, -0.15) is 13.2 Å². The average Bonchev–Trinajstić information content (AvgIpc) is 2.91. The van der Waals surface area contributed by atoms with Gasteiger partial charge in [0.2, 0.25) is 0 Å². The zero-order valence-electron chi connectivity index (χ0n) is 12.6. The second kappa shape index (κ2) is 6.02. The number of methoxy groups -OCH3 is 1. The Labute approximate surface area is 129 Å². The molecule has 23 heavy (non-hydrogen) atoms. The van der Waals surface area contributed by atoms with E-state index in [4.69, 9.17) is 0 Å². The van der Waals surface area contributed by atoms with Crippen LogP contribution in [0, 0.1) is 5.82 Å². The normalized spacial score (nSPS) is 11.8. The summed E-state index contributed by atoms with van der Waals surface area (Å²) in [6.07, 6.45) is -3.72. The van der Waals surface area contributed by atoms with Gasteiger partial charge in [-0.05, 0) is 26.0 Å². The molecule has 2 aromatic rings. The standard InChI is InChI=1S/C15H14F4N2O2/c1-8(2)21-7-12(15(17,18)19)20-13(21)9-4-5-10(11(16)6-9)14(22)23-3/h4-8H,1-3H3. The zero-order chi connectivity index (χ0) is 17.4. The molecular weight excluding hydrogens is 316 g/mol. The number of ether oxygens (including phenoxy) is 1. The van der Waals surface area contributed by atoms with Crippen molar-refractivity contribution in [3.05, 3.63) is 41.5 Å². The van der Waals surface area contributed by atoms with Crippen molar-refractivity contribution in [1.29, 1.82) is 0 Å². The highest BCUT2D eigenvalue weighted by atomic mass is 19.4. The number of alkyl halides is 3. The first-order valence-corrected chi connectivity index (χ1v) is 6.69. The molecule has 0 spiro atoms. The van der Waals surface area contributed by atoms with Crippen molar-refractivity contribution in [3.8, 4) is 11.4 Å². The third-order valence-corrected chi connectivity index (χ3v) is 3.21. The highest BCUT2D eigenvalue weighted by Crippen LogP contribution is 2.32. The first kappa shape index (κ1) is 17.0. The Balaban J connectivity index is 2.55. The van der Waals surface area contributed by atoms with Gasteiger partial charge in [-0.1, -0.05) is 6.07 Å². The summed E-state index contributed by atoms with van der Waals surface area (Å²) in [7, 11) is 1.11. The van der Waals surface area contributed by atoms with Gasteiger partial charge in [0.15, 0.2) is 5.69 Å². The first-order valence-electron chi connectivity index (χ1n) is 6.69. The van der Waals surface area contributed by atoms with Gasteiger partial charge in [0, 0.05) is 17.8 Å². The van der Waals surface area contributed by atoms with Gasteiger partial charge < -0.3 is 9.30 Å². The van der Waals surface area contributed by atoms with Gasteiger partial charge in [0.25, 0.3) is 0 Å². The van der Waals surface area contributed by atoms with Crippen LogP contribution in [0.2, 0.25) is 0 Å². The summed E-state index contributed by atoms with van der Waals surface area (Å²) in [5.74, 6) is -1.78. The van der Waals surface area contributed by atoms with Crippen molar-refractivity contribution < 1.29 is 27.1 Å². The Morgan fingerprint density at radius 3 is 2.43 bits per heavy atom. The quantitative estimate of drug-likeness (QED) is 0.629. The molecule has 1 heterocycles. The Morgan fingerprint density at radius 1 is 1.30 bits per heavy atom. The largest absolute Gasteiger partial charge is 0.465 e. The van der Waals surface area contributed by atoms with E-state index in [2.05, 4.69) is 9.72 Å². The van der Waals surface area contributed by atoms with Crippen LogP contribution in [0.3, 0.4) is 0 Å². The van der Waals surface area contributed by atoms with Crippen LogP contribution in [0.4, 0.5) is 17.6 Å². The molecule has 124 valence electrons. The van der Waals surface area contributed by atoms with E-state index in [1.54, 1.807) is 13.8 Å². The van der Waals surface area contributed by atoms with Gasteiger partial charge >= 0.3 is 12.1 Å². The molecule has 4 nitrogen and oxygen atoms in total. The molecule has 0 saturated heterocycles. The van der Waals surface area contributed by atoms with Crippen LogP contribution in [-0.2, 0) is 10.9 Å². The number of benzene rings is 1. The van der Waals surface area contributed by atoms with E-state index in [1.807, 2.05) is 0 Å². The topological polar surface area (TPSA) is 44.1 Å². The van der Waals surface area contributed by atoms with Crippen molar-refractivity contribution in [2.24, 2.45) is 0 Å². The lowest BCUT2D eigenvalue weighted by molar-refractivity contribution is -0.140. The zero-order valence-corrected chi connectivity index (χ0v) is 12.6. The Hall–Kier alpha value is -2.38. The monoisotopic (exact) mass is 330 g/mol. The minimum atomic E-state index is -4.60. The number of esters is 1. The van der Waals surface area contributed by atoms with E-state index in [0.29, 0.717) is 0 Å². The molecule has 0 bridgehead atoms. The number of hydrogen-bond donors (Lipinski definition) is 0. The molecule has 0 fully saturated rings. The molecule has 0 atom stereocenters. The average molecular weight is 330 g/mol. The molecule has 0 aliphatic carbocycles. The van der Waals surface area contributed by atoms with E-state index < -0.39 is 23.7 Å². The van der Waals surface area contributed by atoms with E-state index in [-0.39, 0.29) is 23.0 Å². The molecule has 0 radical (unpaired) electrons. The lowest BCUT2D eigenvalue weighted by atomic mass is 10.1. The minimum Gasteiger partial charge on any atom is -0.465 e. The van der Waals surface area contributed by atoms with Crippen LogP contribution >= 0.6 is 0 Å². The molecule has 0 N–H and O–H groups in total. The van der Waals surface area contributed by atoms with Gasteiger partial charge in [0.1, 0.15) is 11.6 Å². The fraction of sp³-hybridized carbons (Fsp3) is 0.333. The molecule has 0 saturated carbocycles. The van der Waals surface area contributed by atoms with Crippen LogP contribution in [-0.4, -0.2) is 22.6 Å². The summed E-state index contributed by atoms with van der Waals surface area (Å²) in [6.45, 7) is 3.37. The molecule has 1 aromatic carbocycles. The number of carbonyl (C=O) groups excluding carboxylic acids is 1. The molecule has 2 rings (SSSR count). The number of hydrogen-bond acceptors (Lipinski definition) is 3. The van der Waals surface area contributed by atoms with Gasteiger partial charge in [0.05, 0.1) is 12.7 Å². The van der Waals surface area contributed by atoms with Crippen LogP contribution in [0.25, 0.3) is 11.4 Å². The predicted octanol–water partition coefficient (Wildman–Crippen LogP) is 4.08. The van der Waals surface area contributed by atoms with E-state index >= 15 is 0 Å². The fourth-order valence-electron chi connectivity index (χ4n) is 2.07. The van der Waals surface area contributed by atoms with Crippen molar-refractivity contribution in [3.63, 3.8) is 0 Å². The molecule has 0 amide bonds. The molecule has 1 aromatic heterocycles. The number of aromatic nitrogens is 2. The van der Waals surface area contributed by atoms with Gasteiger partial charge in [-0.15, -0.1) is 0 Å². The van der Waals surface area contributed by atoms with Crippen molar-refractivity contribution >= 4 is 5.97 Å². The third-order valence-electron chi connectivity index (χ3n) is 3.21. The van der Waals surface area contributed by atoms with Crippen LogP contribution in [0.1, 0.15) is 35.9 Å². The van der Waals surface area contributed by atoms with Crippen LogP contribution < -0.4 is 0 Å². The number of carbonyl (C=O) groups is 1. The lowest BCUT2D eigenvalue weighted by Gasteiger charge is -2.11. The van der Waals surface area contributed by atoms with E-state index in [0.717, 1.165) is 25.4 Å². The highest BCUT2D eigenvalue weighted by Gasteiger charge is 2.35. The summed E-state index contributed by atoms with van der Waals surface area (Å²) in [5, 5.41) is 0. The molecule has 0 aliphatic rings. The summed E-state index contributed by atoms with van der Waals surface area (Å²) in [6, 6.07) is 3.14. The molecule has 8 heteroatoms. The summed E-state index contributed by atoms with van der Waals surface area (Å²) >= 11 is 0. The number of halogens is 4. The number of nitrogens with zero attached hydrogens (tertiary/aromatic N) is 2. The Kier molecular flexibility index (Phi) is 4.44. The van der Waals surface area contributed by atoms with Crippen molar-refractivity contribution in [1.82, 2.24) is 9.55 Å². The minimum absolute atomic E-state index is 0.0253. The van der Waals surface area contributed by atoms with Crippen LogP contribution in [0.5, 0.6) is 0 Å². The molecule has 0 aliphatic heterocycles. The lowest BCUT2D eigenvalue weighted by Crippen LogP contribution is -2.06. The second-order valence-corrected chi connectivity index (χ2v) is 5.13. The summed E-state index contributed by atoms with van der Waals surface area (Å²) < 4.78 is 58.2. The van der Waals surface area contributed by atoms with Crippen molar-refractivity contribution in [2.45, 2.75) is 26.1 Å². The van der Waals surface area contributed by atoms with Gasteiger partial charge in [-0.25, -0.2) is 14.2 Å². The number of rotatable bonds is 3. The van der Waals surface area contributed by atoms with Crippen LogP contribution in [0.15, 0.2) is 24.4 Å². The fourth-order valence-corrected chi connectivity index (χ4v) is 2.07. The third kappa shape index (κ3) is 3.35. The highest BCUT2D eigenvalue weighted by molar-refractivity contribution is 5.90. The van der Waals surface area contributed by atoms with E-state index in [1.165, 1.54) is 10.6 Å². The summed E-state index contributed by atoms with van der Waals surface area (Å²) in [4.78, 5) is 14.9. The Morgan fingerprint density at radius 2 is 1.96 bits per heavy atom. The Bertz CT molecular complexity index is 736. The summed E-state index contributed by atoms with van der Waals surface area (Å²) in [5.41, 5.74) is -1.21. The molecular formula is C15H14F4N2O2. The van der Waals surface area contributed by atoms with Crippen molar-refractivity contribution in [2.75, 3.05) is 7.11 Å². The van der Waals surface area contributed by atoms with E-state index in [9.17, 15) is 22.4 Å². The maximum Gasteiger partial charge on any atom is 0.434 e. The maximum absolute atomic E-state index is 14.0. The smallest absolute Gasteiger partial charge is 0.434 e.